The normalized spacial score (nSPS) is 18.0. The second kappa shape index (κ2) is 5.85. The molecule has 0 aliphatic carbocycles. The number of aryl methyl sites for hydroxylation is 2. The number of nitrogens with zero attached hydrogens (tertiary/aromatic N) is 1. The summed E-state index contributed by atoms with van der Waals surface area (Å²) in [6.07, 6.45) is 2.19. The summed E-state index contributed by atoms with van der Waals surface area (Å²) in [6.45, 7) is 7.37. The third kappa shape index (κ3) is 2.57. The summed E-state index contributed by atoms with van der Waals surface area (Å²) in [5.74, 6) is -0.134. The lowest BCUT2D eigenvalue weighted by molar-refractivity contribution is 0.0862. The average Bonchev–Trinajstić information content (AvgIpc) is 3.10. The highest BCUT2D eigenvalue weighted by Gasteiger charge is 2.22. The molecule has 3 N–H and O–H groups in total. The van der Waals surface area contributed by atoms with Gasteiger partial charge in [-0.05, 0) is 44.7 Å². The molecule has 1 aliphatic rings. The topological polar surface area (TPSA) is 77.2 Å². The predicted octanol–water partition coefficient (Wildman–Crippen LogP) is 2.71. The van der Waals surface area contributed by atoms with Crippen LogP contribution in [0.3, 0.4) is 0 Å². The first-order valence-electron chi connectivity index (χ1n) is 7.54. The van der Waals surface area contributed by atoms with Crippen molar-refractivity contribution >= 4 is 33.1 Å². The van der Waals surface area contributed by atoms with E-state index in [0.29, 0.717) is 17.1 Å². The number of aromatic nitrogens is 1. The molecule has 118 valence electrons. The molecule has 0 radical (unpaired) electrons. The number of hydrogen-bond acceptors (Lipinski definition) is 5. The lowest BCUT2D eigenvalue weighted by Gasteiger charge is -2.10. The third-order valence-electron chi connectivity index (χ3n) is 4.40. The molecule has 6 heteroatoms. The quantitative estimate of drug-likeness (QED) is 0.912. The van der Waals surface area contributed by atoms with Crippen LogP contribution in [-0.4, -0.2) is 30.1 Å². The fourth-order valence-corrected chi connectivity index (χ4v) is 3.95. The van der Waals surface area contributed by atoms with Gasteiger partial charge in [0.2, 0.25) is 0 Å². The van der Waals surface area contributed by atoms with Crippen molar-refractivity contribution in [2.75, 3.05) is 18.9 Å². The SMILES string of the molecule is Cc1nc2sc(C(=O)NCC3CCCO3)c(N)c2c(C)c1C. The Morgan fingerprint density at radius 2 is 2.18 bits per heavy atom. The highest BCUT2D eigenvalue weighted by molar-refractivity contribution is 7.21. The van der Waals surface area contributed by atoms with Gasteiger partial charge in [-0.15, -0.1) is 11.3 Å². The Bertz CT molecular complexity index is 733. The van der Waals surface area contributed by atoms with Crippen molar-refractivity contribution in [2.45, 2.75) is 39.7 Å². The first kappa shape index (κ1) is 15.2. The Morgan fingerprint density at radius 1 is 1.41 bits per heavy atom. The van der Waals surface area contributed by atoms with E-state index in [1.807, 2.05) is 20.8 Å². The molecule has 1 unspecified atom stereocenters. The number of thiophene rings is 1. The zero-order chi connectivity index (χ0) is 15.9. The van der Waals surface area contributed by atoms with Gasteiger partial charge in [0.1, 0.15) is 9.71 Å². The molecule has 1 amide bonds. The summed E-state index contributed by atoms with van der Waals surface area (Å²) in [5.41, 5.74) is 9.98. The van der Waals surface area contributed by atoms with Gasteiger partial charge < -0.3 is 15.8 Å². The number of nitrogens with one attached hydrogen (secondary N) is 1. The van der Waals surface area contributed by atoms with Crippen molar-refractivity contribution < 1.29 is 9.53 Å². The maximum atomic E-state index is 12.4. The van der Waals surface area contributed by atoms with Crippen LogP contribution in [-0.2, 0) is 4.74 Å². The van der Waals surface area contributed by atoms with Gasteiger partial charge in [-0.25, -0.2) is 4.98 Å². The number of amides is 1. The van der Waals surface area contributed by atoms with E-state index in [9.17, 15) is 4.79 Å². The summed E-state index contributed by atoms with van der Waals surface area (Å²) in [4.78, 5) is 18.4. The molecule has 0 aromatic carbocycles. The summed E-state index contributed by atoms with van der Waals surface area (Å²) in [7, 11) is 0. The number of anilines is 1. The number of hydrogen-bond donors (Lipinski definition) is 2. The van der Waals surface area contributed by atoms with Crippen LogP contribution in [0.2, 0.25) is 0 Å². The maximum absolute atomic E-state index is 12.4. The molecule has 2 aromatic heterocycles. The van der Waals surface area contributed by atoms with E-state index in [0.717, 1.165) is 46.5 Å². The molecular weight excluding hydrogens is 298 g/mol. The number of nitrogen functional groups attached to an aromatic ring is 1. The molecule has 1 aliphatic heterocycles. The summed E-state index contributed by atoms with van der Waals surface area (Å²) in [6, 6.07) is 0. The zero-order valence-corrected chi connectivity index (χ0v) is 14.0. The number of fused-ring (bicyclic) bond motifs is 1. The molecule has 1 saturated heterocycles. The number of rotatable bonds is 3. The van der Waals surface area contributed by atoms with Gasteiger partial charge in [0.15, 0.2) is 0 Å². The lowest BCUT2D eigenvalue weighted by atomic mass is 10.1. The average molecular weight is 319 g/mol. The highest BCUT2D eigenvalue weighted by atomic mass is 32.1. The number of nitrogens with two attached hydrogens (primary N) is 1. The van der Waals surface area contributed by atoms with Crippen LogP contribution in [0.4, 0.5) is 5.69 Å². The minimum atomic E-state index is -0.134. The van der Waals surface area contributed by atoms with Crippen LogP contribution < -0.4 is 11.1 Å². The first-order valence-corrected chi connectivity index (χ1v) is 8.36. The van der Waals surface area contributed by atoms with Gasteiger partial charge in [-0.1, -0.05) is 0 Å². The Morgan fingerprint density at radius 3 is 2.86 bits per heavy atom. The largest absolute Gasteiger partial charge is 0.397 e. The molecule has 5 nitrogen and oxygen atoms in total. The van der Waals surface area contributed by atoms with Crippen molar-refractivity contribution in [3.63, 3.8) is 0 Å². The van der Waals surface area contributed by atoms with Crippen molar-refractivity contribution in [3.8, 4) is 0 Å². The second-order valence-electron chi connectivity index (χ2n) is 5.82. The Kier molecular flexibility index (Phi) is 4.06. The minimum absolute atomic E-state index is 0.129. The van der Waals surface area contributed by atoms with Gasteiger partial charge in [0.25, 0.3) is 5.91 Å². The van der Waals surface area contributed by atoms with Gasteiger partial charge in [-0.2, -0.15) is 0 Å². The van der Waals surface area contributed by atoms with E-state index in [1.165, 1.54) is 11.3 Å². The number of pyridine rings is 1. The van der Waals surface area contributed by atoms with E-state index in [4.69, 9.17) is 10.5 Å². The summed E-state index contributed by atoms with van der Waals surface area (Å²) in [5, 5.41) is 3.84. The van der Waals surface area contributed by atoms with E-state index in [2.05, 4.69) is 10.3 Å². The molecule has 3 heterocycles. The van der Waals surface area contributed by atoms with Crippen molar-refractivity contribution in [1.82, 2.24) is 10.3 Å². The standard InChI is InChI=1S/C16H21N3O2S/c1-8-9(2)12-13(17)14(22-16(12)19-10(8)3)15(20)18-7-11-5-4-6-21-11/h11H,4-7,17H2,1-3H3,(H,18,20). The smallest absolute Gasteiger partial charge is 0.263 e. The van der Waals surface area contributed by atoms with Crippen molar-refractivity contribution in [3.05, 3.63) is 21.7 Å². The monoisotopic (exact) mass is 319 g/mol. The molecule has 0 spiro atoms. The van der Waals surface area contributed by atoms with Crippen LogP contribution in [0, 0.1) is 20.8 Å². The Labute approximate surface area is 133 Å². The molecule has 3 rings (SSSR count). The molecule has 2 aromatic rings. The minimum Gasteiger partial charge on any atom is -0.397 e. The number of ether oxygens (including phenoxy) is 1. The first-order chi connectivity index (χ1) is 10.5. The number of carbonyl (C=O) groups is 1. The van der Waals surface area contributed by atoms with Gasteiger partial charge >= 0.3 is 0 Å². The van der Waals surface area contributed by atoms with Crippen molar-refractivity contribution in [2.24, 2.45) is 0 Å². The second-order valence-corrected chi connectivity index (χ2v) is 6.82. The summed E-state index contributed by atoms with van der Waals surface area (Å²) < 4.78 is 5.52. The van der Waals surface area contributed by atoms with Crippen LogP contribution >= 0.6 is 11.3 Å². The van der Waals surface area contributed by atoms with Crippen LogP contribution in [0.15, 0.2) is 0 Å². The molecular formula is C16H21N3O2S. The summed E-state index contributed by atoms with van der Waals surface area (Å²) >= 11 is 1.36. The molecule has 0 saturated carbocycles. The van der Waals surface area contributed by atoms with Crippen molar-refractivity contribution in [1.29, 1.82) is 0 Å². The van der Waals surface area contributed by atoms with Crippen LogP contribution in [0.1, 0.15) is 39.3 Å². The lowest BCUT2D eigenvalue weighted by Crippen LogP contribution is -2.31. The zero-order valence-electron chi connectivity index (χ0n) is 13.2. The van der Waals surface area contributed by atoms with Gasteiger partial charge in [0.05, 0.1) is 11.8 Å². The van der Waals surface area contributed by atoms with E-state index in [-0.39, 0.29) is 12.0 Å². The fraction of sp³-hybridized carbons (Fsp3) is 0.500. The number of carbonyl (C=O) groups excluding carboxylic acids is 1. The van der Waals surface area contributed by atoms with Gasteiger partial charge in [-0.3, -0.25) is 4.79 Å². The fourth-order valence-electron chi connectivity index (χ4n) is 2.83. The Balaban J connectivity index is 1.88. The van der Waals surface area contributed by atoms with Crippen LogP contribution in [0.5, 0.6) is 0 Å². The van der Waals surface area contributed by atoms with E-state index >= 15 is 0 Å². The third-order valence-corrected chi connectivity index (χ3v) is 5.49. The Hall–Kier alpha value is -1.66. The molecule has 0 bridgehead atoms. The van der Waals surface area contributed by atoms with Crippen LogP contribution in [0.25, 0.3) is 10.2 Å². The van der Waals surface area contributed by atoms with E-state index in [1.54, 1.807) is 0 Å². The van der Waals surface area contributed by atoms with Gasteiger partial charge in [0, 0.05) is 24.2 Å². The molecule has 22 heavy (non-hydrogen) atoms. The maximum Gasteiger partial charge on any atom is 0.263 e. The highest BCUT2D eigenvalue weighted by Crippen LogP contribution is 2.36. The predicted molar refractivity (Wildman–Crippen MR) is 89.6 cm³/mol. The molecule has 1 fully saturated rings. The molecule has 1 atom stereocenters. The van der Waals surface area contributed by atoms with E-state index < -0.39 is 0 Å².